The summed E-state index contributed by atoms with van der Waals surface area (Å²) < 4.78 is 0. The van der Waals surface area contributed by atoms with Gasteiger partial charge >= 0.3 is 0 Å². The molecule has 0 aromatic rings. The van der Waals surface area contributed by atoms with Gasteiger partial charge < -0.3 is 5.11 Å². The van der Waals surface area contributed by atoms with Gasteiger partial charge in [-0.3, -0.25) is 14.7 Å². The molecule has 4 heteroatoms. The first kappa shape index (κ1) is 23.4. The Balaban J connectivity index is 4.29. The highest BCUT2D eigenvalue weighted by Gasteiger charge is 2.07. The molecule has 0 rings (SSSR count). The Bertz CT molecular complexity index is 343. The molecule has 142 valence electrons. The van der Waals surface area contributed by atoms with Crippen molar-refractivity contribution < 1.29 is 5.11 Å². The zero-order valence-electron chi connectivity index (χ0n) is 15.9. The lowest BCUT2D eigenvalue weighted by atomic mass is 10.3. The van der Waals surface area contributed by atoms with E-state index in [2.05, 4.69) is 41.0 Å². The summed E-state index contributed by atoms with van der Waals surface area (Å²) in [5.41, 5.74) is 0. The fourth-order valence-corrected chi connectivity index (χ4v) is 2.77. The molecule has 0 bridgehead atoms. The number of aliphatic hydroxyl groups is 1. The van der Waals surface area contributed by atoms with E-state index in [1.807, 2.05) is 24.3 Å². The van der Waals surface area contributed by atoms with Crippen LogP contribution in [0, 0.1) is 0 Å². The van der Waals surface area contributed by atoms with Crippen LogP contribution >= 0.6 is 0 Å². The van der Waals surface area contributed by atoms with Gasteiger partial charge in [0.05, 0.1) is 6.26 Å². The largest absolute Gasteiger partial charge is 0.516 e. The molecule has 0 amide bonds. The van der Waals surface area contributed by atoms with E-state index < -0.39 is 0 Å². The maximum atomic E-state index is 8.95. The van der Waals surface area contributed by atoms with Gasteiger partial charge in [-0.25, -0.2) is 0 Å². The van der Waals surface area contributed by atoms with Crippen molar-refractivity contribution in [2.45, 2.75) is 12.8 Å². The van der Waals surface area contributed by atoms with Crippen molar-refractivity contribution in [3.05, 3.63) is 63.0 Å². The van der Waals surface area contributed by atoms with Crippen LogP contribution in [-0.2, 0) is 0 Å². The Kier molecular flexibility index (Phi) is 16.1. The molecule has 0 radical (unpaired) electrons. The standard InChI is InChI=1S/C21H37N3O/c1-5-12-22(13-6-2)16-9-18-24(20-11-21-25)19-10-17-23(14-7-3)15-8-4/h5-8,11,21,25H,1-4,9-10,12-20H2. The molecule has 0 aliphatic heterocycles. The number of aliphatic hydroxyl groups excluding tert-OH is 1. The van der Waals surface area contributed by atoms with Gasteiger partial charge in [0.2, 0.25) is 0 Å². The third-order valence-electron chi connectivity index (χ3n) is 3.92. The van der Waals surface area contributed by atoms with E-state index in [1.54, 1.807) is 6.08 Å². The molecular weight excluding hydrogens is 310 g/mol. The van der Waals surface area contributed by atoms with Crippen molar-refractivity contribution >= 4 is 0 Å². The predicted octanol–water partition coefficient (Wildman–Crippen LogP) is 3.49. The molecule has 1 N–H and O–H groups in total. The summed E-state index contributed by atoms with van der Waals surface area (Å²) in [4.78, 5) is 7.04. The minimum Gasteiger partial charge on any atom is -0.516 e. The number of hydrogen-bond donors (Lipinski definition) is 1. The van der Waals surface area contributed by atoms with E-state index in [0.717, 1.165) is 78.0 Å². The van der Waals surface area contributed by atoms with Crippen LogP contribution < -0.4 is 0 Å². The van der Waals surface area contributed by atoms with Crippen LogP contribution in [0.2, 0.25) is 0 Å². The SMILES string of the molecule is C=CCN(CC=C)CCCN(CC=CO)CCCN(CC=C)CC=C. The first-order valence-electron chi connectivity index (χ1n) is 9.11. The third-order valence-corrected chi connectivity index (χ3v) is 3.92. The first-order chi connectivity index (χ1) is 12.2. The topological polar surface area (TPSA) is 30.0 Å². The lowest BCUT2D eigenvalue weighted by molar-refractivity contribution is 0.241. The first-order valence-corrected chi connectivity index (χ1v) is 9.11. The molecule has 0 aliphatic rings. The Morgan fingerprint density at radius 3 is 1.24 bits per heavy atom. The maximum absolute atomic E-state index is 8.95. The monoisotopic (exact) mass is 347 g/mol. The van der Waals surface area contributed by atoms with Gasteiger partial charge in [-0.1, -0.05) is 24.3 Å². The summed E-state index contributed by atoms with van der Waals surface area (Å²) >= 11 is 0. The number of hydrogen-bond acceptors (Lipinski definition) is 4. The van der Waals surface area contributed by atoms with Crippen LogP contribution in [0.3, 0.4) is 0 Å². The van der Waals surface area contributed by atoms with Crippen molar-refractivity contribution in [1.82, 2.24) is 14.7 Å². The molecule has 0 saturated heterocycles. The van der Waals surface area contributed by atoms with Crippen molar-refractivity contribution in [2.24, 2.45) is 0 Å². The van der Waals surface area contributed by atoms with Gasteiger partial charge in [-0.05, 0) is 32.0 Å². The van der Waals surface area contributed by atoms with Crippen LogP contribution in [0.15, 0.2) is 63.0 Å². The van der Waals surface area contributed by atoms with Gasteiger partial charge in [-0.15, -0.1) is 26.3 Å². The molecule has 0 aromatic carbocycles. The van der Waals surface area contributed by atoms with Crippen LogP contribution in [0.1, 0.15) is 12.8 Å². The van der Waals surface area contributed by atoms with Gasteiger partial charge in [0.25, 0.3) is 0 Å². The van der Waals surface area contributed by atoms with E-state index in [-0.39, 0.29) is 0 Å². The third kappa shape index (κ3) is 13.4. The molecule has 0 fully saturated rings. The Hall–Kier alpha value is -1.62. The second-order valence-electron chi connectivity index (χ2n) is 6.07. The fraction of sp³-hybridized carbons (Fsp3) is 0.524. The Morgan fingerprint density at radius 2 is 0.920 bits per heavy atom. The molecule has 0 spiro atoms. The van der Waals surface area contributed by atoms with Gasteiger partial charge in [-0.2, -0.15) is 0 Å². The van der Waals surface area contributed by atoms with Crippen LogP contribution in [0.4, 0.5) is 0 Å². The van der Waals surface area contributed by atoms with Gasteiger partial charge in [0.1, 0.15) is 0 Å². The molecule has 0 saturated carbocycles. The average Bonchev–Trinajstić information content (AvgIpc) is 2.60. The predicted molar refractivity (Wildman–Crippen MR) is 111 cm³/mol. The average molecular weight is 348 g/mol. The lowest BCUT2D eigenvalue weighted by Crippen LogP contribution is -2.33. The van der Waals surface area contributed by atoms with Crippen LogP contribution in [0.5, 0.6) is 0 Å². The van der Waals surface area contributed by atoms with E-state index in [0.29, 0.717) is 0 Å². The van der Waals surface area contributed by atoms with Crippen LogP contribution in [0.25, 0.3) is 0 Å². The molecule has 0 heterocycles. The molecule has 0 atom stereocenters. The van der Waals surface area contributed by atoms with E-state index in [4.69, 9.17) is 5.11 Å². The summed E-state index contributed by atoms with van der Waals surface area (Å²) in [5, 5.41) is 8.95. The highest BCUT2D eigenvalue weighted by Crippen LogP contribution is 2.01. The smallest absolute Gasteiger partial charge is 0.0764 e. The highest BCUT2D eigenvalue weighted by atomic mass is 16.2. The lowest BCUT2D eigenvalue weighted by Gasteiger charge is -2.25. The second-order valence-corrected chi connectivity index (χ2v) is 6.07. The van der Waals surface area contributed by atoms with Crippen molar-refractivity contribution in [3.63, 3.8) is 0 Å². The zero-order valence-corrected chi connectivity index (χ0v) is 15.9. The number of nitrogens with zero attached hydrogens (tertiary/aromatic N) is 3. The quantitative estimate of drug-likeness (QED) is 0.304. The highest BCUT2D eigenvalue weighted by molar-refractivity contribution is 4.82. The summed E-state index contributed by atoms with van der Waals surface area (Å²) in [5.74, 6) is 0. The van der Waals surface area contributed by atoms with E-state index in [1.165, 1.54) is 0 Å². The minimum absolute atomic E-state index is 0.780. The van der Waals surface area contributed by atoms with Gasteiger partial charge in [0.15, 0.2) is 0 Å². The molecule has 4 nitrogen and oxygen atoms in total. The molecule has 0 aliphatic carbocycles. The molecule has 0 aromatic heterocycles. The van der Waals surface area contributed by atoms with Crippen molar-refractivity contribution in [1.29, 1.82) is 0 Å². The van der Waals surface area contributed by atoms with E-state index in [9.17, 15) is 0 Å². The molecular formula is C21H37N3O. The normalized spacial score (nSPS) is 11.5. The fourth-order valence-electron chi connectivity index (χ4n) is 2.77. The second kappa shape index (κ2) is 17.2. The Labute approximate surface area is 155 Å². The van der Waals surface area contributed by atoms with E-state index >= 15 is 0 Å². The zero-order chi connectivity index (χ0) is 18.8. The van der Waals surface area contributed by atoms with Crippen molar-refractivity contribution in [3.8, 4) is 0 Å². The molecule has 25 heavy (non-hydrogen) atoms. The maximum Gasteiger partial charge on any atom is 0.0764 e. The van der Waals surface area contributed by atoms with Crippen molar-refractivity contribution in [2.75, 3.05) is 58.9 Å². The number of rotatable bonds is 18. The summed E-state index contributed by atoms with van der Waals surface area (Å²) in [6.07, 6.45) is 12.8. The molecule has 0 unspecified atom stereocenters. The summed E-state index contributed by atoms with van der Waals surface area (Å²) in [6.45, 7) is 23.7. The minimum atomic E-state index is 0.780. The summed E-state index contributed by atoms with van der Waals surface area (Å²) in [7, 11) is 0. The van der Waals surface area contributed by atoms with Gasteiger partial charge in [0, 0.05) is 45.8 Å². The van der Waals surface area contributed by atoms with Crippen LogP contribution in [-0.4, -0.2) is 78.7 Å². The Morgan fingerprint density at radius 1 is 0.560 bits per heavy atom. The summed E-state index contributed by atoms with van der Waals surface area (Å²) in [6, 6.07) is 0.